The minimum absolute atomic E-state index is 0.432. The van der Waals surface area contributed by atoms with E-state index in [1.54, 1.807) is 0 Å². The third-order valence-electron chi connectivity index (χ3n) is 5.12. The van der Waals surface area contributed by atoms with Crippen molar-refractivity contribution >= 4 is 5.96 Å². The van der Waals surface area contributed by atoms with Crippen LogP contribution in [0.2, 0.25) is 0 Å². The molecule has 1 heterocycles. The number of rotatable bonds is 7. The van der Waals surface area contributed by atoms with Crippen LogP contribution >= 0.6 is 0 Å². The second-order valence-corrected chi connectivity index (χ2v) is 7.31. The third-order valence-corrected chi connectivity index (χ3v) is 5.12. The van der Waals surface area contributed by atoms with Gasteiger partial charge in [-0.3, -0.25) is 4.99 Å². The van der Waals surface area contributed by atoms with Crippen LogP contribution in [0.3, 0.4) is 0 Å². The predicted octanol–water partition coefficient (Wildman–Crippen LogP) is 3.39. The summed E-state index contributed by atoms with van der Waals surface area (Å²) in [5.74, 6) is 2.11. The van der Waals surface area contributed by atoms with Crippen LogP contribution in [0, 0.1) is 12.8 Å². The molecular formula is C21H36N4. The van der Waals surface area contributed by atoms with Crippen molar-refractivity contribution in [1.82, 2.24) is 15.5 Å². The van der Waals surface area contributed by atoms with Gasteiger partial charge < -0.3 is 15.5 Å². The molecule has 2 rings (SSSR count). The molecular weight excluding hydrogens is 308 g/mol. The molecule has 1 aliphatic rings. The summed E-state index contributed by atoms with van der Waals surface area (Å²) >= 11 is 0. The van der Waals surface area contributed by atoms with Crippen molar-refractivity contribution in [1.29, 1.82) is 0 Å². The fourth-order valence-corrected chi connectivity index (χ4v) is 3.42. The molecule has 2 unspecified atom stereocenters. The van der Waals surface area contributed by atoms with E-state index >= 15 is 0 Å². The van der Waals surface area contributed by atoms with Crippen molar-refractivity contribution in [2.24, 2.45) is 10.9 Å². The Morgan fingerprint density at radius 2 is 2.00 bits per heavy atom. The van der Waals surface area contributed by atoms with E-state index in [9.17, 15) is 0 Å². The van der Waals surface area contributed by atoms with Gasteiger partial charge in [-0.25, -0.2) is 0 Å². The number of guanidine groups is 1. The first-order valence-corrected chi connectivity index (χ1v) is 9.93. The van der Waals surface area contributed by atoms with Crippen LogP contribution in [0.1, 0.15) is 50.7 Å². The van der Waals surface area contributed by atoms with Gasteiger partial charge in [0.05, 0.1) is 0 Å². The maximum atomic E-state index is 4.82. The monoisotopic (exact) mass is 344 g/mol. The number of aryl methyl sites for hydroxylation is 1. The molecule has 0 aliphatic carbocycles. The maximum absolute atomic E-state index is 4.82. The number of hydrogen-bond donors (Lipinski definition) is 2. The van der Waals surface area contributed by atoms with Crippen LogP contribution in [-0.2, 0) is 0 Å². The van der Waals surface area contributed by atoms with Gasteiger partial charge in [0.2, 0.25) is 0 Å². The van der Waals surface area contributed by atoms with Gasteiger partial charge in [-0.15, -0.1) is 0 Å². The Hall–Kier alpha value is -1.55. The van der Waals surface area contributed by atoms with Crippen LogP contribution in [0.25, 0.3) is 0 Å². The standard InChI is InChI=1S/C21H36N4/c1-5-22-21(24-15-19-8-7-13-25(6-2)16-19)23-14-18(4)20-11-9-17(3)10-12-20/h9-12,18-19H,5-8,13-16H2,1-4H3,(H2,22,23,24). The van der Waals surface area contributed by atoms with E-state index in [0.29, 0.717) is 5.92 Å². The van der Waals surface area contributed by atoms with Gasteiger partial charge in [0.25, 0.3) is 0 Å². The quantitative estimate of drug-likeness (QED) is 0.588. The molecule has 0 spiro atoms. The molecule has 1 saturated heterocycles. The highest BCUT2D eigenvalue weighted by Gasteiger charge is 2.18. The zero-order valence-electron chi connectivity index (χ0n) is 16.5. The number of hydrogen-bond acceptors (Lipinski definition) is 2. The van der Waals surface area contributed by atoms with Gasteiger partial charge in [-0.05, 0) is 51.3 Å². The minimum atomic E-state index is 0.432. The van der Waals surface area contributed by atoms with Crippen LogP contribution in [0.5, 0.6) is 0 Å². The lowest BCUT2D eigenvalue weighted by molar-refractivity contribution is 0.183. The molecule has 140 valence electrons. The van der Waals surface area contributed by atoms with Crippen molar-refractivity contribution in [2.45, 2.75) is 46.5 Å². The van der Waals surface area contributed by atoms with Gasteiger partial charge in [0.1, 0.15) is 0 Å². The Morgan fingerprint density at radius 1 is 1.24 bits per heavy atom. The number of nitrogens with zero attached hydrogens (tertiary/aromatic N) is 2. The summed E-state index contributed by atoms with van der Waals surface area (Å²) in [5.41, 5.74) is 2.67. The first-order chi connectivity index (χ1) is 12.1. The number of aliphatic imine (C=N–C) groups is 1. The van der Waals surface area contributed by atoms with E-state index in [4.69, 9.17) is 4.99 Å². The average molecular weight is 345 g/mol. The van der Waals surface area contributed by atoms with Crippen LogP contribution in [0.4, 0.5) is 0 Å². The summed E-state index contributed by atoms with van der Waals surface area (Å²) in [6, 6.07) is 8.80. The lowest BCUT2D eigenvalue weighted by atomic mass is 9.98. The topological polar surface area (TPSA) is 39.7 Å². The molecule has 1 aromatic carbocycles. The summed E-state index contributed by atoms with van der Waals surface area (Å²) in [7, 11) is 0. The second-order valence-electron chi connectivity index (χ2n) is 7.31. The highest BCUT2D eigenvalue weighted by molar-refractivity contribution is 5.79. The fourth-order valence-electron chi connectivity index (χ4n) is 3.42. The van der Waals surface area contributed by atoms with E-state index in [0.717, 1.165) is 31.5 Å². The molecule has 25 heavy (non-hydrogen) atoms. The van der Waals surface area contributed by atoms with Crippen molar-refractivity contribution in [3.05, 3.63) is 35.4 Å². The van der Waals surface area contributed by atoms with E-state index in [-0.39, 0.29) is 0 Å². The Labute approximate surface area is 154 Å². The normalized spacial score (nSPS) is 20.3. The van der Waals surface area contributed by atoms with Crippen LogP contribution < -0.4 is 10.6 Å². The zero-order chi connectivity index (χ0) is 18.1. The predicted molar refractivity (Wildman–Crippen MR) is 108 cm³/mol. The Morgan fingerprint density at radius 3 is 2.68 bits per heavy atom. The number of likely N-dealkylation sites (tertiary alicyclic amines) is 1. The molecule has 2 atom stereocenters. The Kier molecular flexibility index (Phi) is 8.26. The number of piperidine rings is 1. The van der Waals surface area contributed by atoms with Gasteiger partial charge in [-0.1, -0.05) is 43.7 Å². The molecule has 0 amide bonds. The van der Waals surface area contributed by atoms with Crippen molar-refractivity contribution in [2.75, 3.05) is 39.3 Å². The van der Waals surface area contributed by atoms with Gasteiger partial charge in [0.15, 0.2) is 5.96 Å². The highest BCUT2D eigenvalue weighted by Crippen LogP contribution is 2.17. The second kappa shape index (κ2) is 10.4. The molecule has 0 saturated carbocycles. The van der Waals surface area contributed by atoms with E-state index in [1.807, 2.05) is 0 Å². The molecule has 4 heteroatoms. The van der Waals surface area contributed by atoms with Crippen molar-refractivity contribution < 1.29 is 0 Å². The first kappa shape index (κ1) is 19.8. The Balaban J connectivity index is 1.85. The van der Waals surface area contributed by atoms with Gasteiger partial charge >= 0.3 is 0 Å². The average Bonchev–Trinajstić information content (AvgIpc) is 2.64. The summed E-state index contributed by atoms with van der Waals surface area (Å²) in [6.07, 6.45) is 2.64. The maximum Gasteiger partial charge on any atom is 0.191 e. The van der Waals surface area contributed by atoms with E-state index < -0.39 is 0 Å². The minimum Gasteiger partial charge on any atom is -0.357 e. The largest absolute Gasteiger partial charge is 0.357 e. The summed E-state index contributed by atoms with van der Waals surface area (Å²) in [5, 5.41) is 6.95. The lowest BCUT2D eigenvalue weighted by Crippen LogP contribution is -2.44. The molecule has 0 radical (unpaired) electrons. The van der Waals surface area contributed by atoms with Crippen molar-refractivity contribution in [3.8, 4) is 0 Å². The van der Waals surface area contributed by atoms with Gasteiger partial charge in [0, 0.05) is 32.1 Å². The molecule has 1 aromatic rings. The summed E-state index contributed by atoms with van der Waals surface area (Å²) < 4.78 is 0. The first-order valence-electron chi connectivity index (χ1n) is 9.93. The third kappa shape index (κ3) is 6.69. The highest BCUT2D eigenvalue weighted by atomic mass is 15.2. The van der Waals surface area contributed by atoms with E-state index in [1.165, 1.54) is 43.6 Å². The van der Waals surface area contributed by atoms with Crippen LogP contribution in [0.15, 0.2) is 29.3 Å². The summed E-state index contributed by atoms with van der Waals surface area (Å²) in [4.78, 5) is 7.37. The molecule has 2 N–H and O–H groups in total. The Bertz CT molecular complexity index is 523. The molecule has 0 aromatic heterocycles. The van der Waals surface area contributed by atoms with Crippen LogP contribution in [-0.4, -0.2) is 50.1 Å². The molecule has 1 aliphatic heterocycles. The molecule has 1 fully saturated rings. The van der Waals surface area contributed by atoms with Gasteiger partial charge in [-0.2, -0.15) is 0 Å². The fraction of sp³-hybridized carbons (Fsp3) is 0.667. The SMILES string of the molecule is CCNC(=NCC(C)c1ccc(C)cc1)NCC1CCCN(CC)C1. The number of benzene rings is 1. The molecule has 0 bridgehead atoms. The zero-order valence-corrected chi connectivity index (χ0v) is 16.5. The lowest BCUT2D eigenvalue weighted by Gasteiger charge is -2.32. The smallest absolute Gasteiger partial charge is 0.191 e. The van der Waals surface area contributed by atoms with Crippen molar-refractivity contribution in [3.63, 3.8) is 0 Å². The van der Waals surface area contributed by atoms with E-state index in [2.05, 4.69) is 67.5 Å². The number of nitrogens with one attached hydrogen (secondary N) is 2. The molecule has 4 nitrogen and oxygen atoms in total. The summed E-state index contributed by atoms with van der Waals surface area (Å²) in [6.45, 7) is 15.1.